The summed E-state index contributed by atoms with van der Waals surface area (Å²) < 4.78 is 42.6. The minimum atomic E-state index is -4.96. The summed E-state index contributed by atoms with van der Waals surface area (Å²) in [6, 6.07) is 0. The van der Waals surface area contributed by atoms with Crippen LogP contribution in [-0.2, 0) is 22.3 Å². The molecule has 0 amide bonds. The second-order valence-corrected chi connectivity index (χ2v) is 4.11. The molecule has 8 nitrogen and oxygen atoms in total. The maximum absolute atomic E-state index is 12.6. The molecule has 0 bridgehead atoms. The molecule has 0 atom stereocenters. The fourth-order valence-electron chi connectivity index (χ4n) is 1.58. The van der Waals surface area contributed by atoms with Crippen molar-refractivity contribution in [3.63, 3.8) is 0 Å². The molecule has 118 valence electrons. The lowest BCUT2D eigenvalue weighted by Gasteiger charge is -2.08. The number of carbonyl (C=O) groups is 1. The van der Waals surface area contributed by atoms with Gasteiger partial charge in [0.1, 0.15) is 5.56 Å². The van der Waals surface area contributed by atoms with Crippen LogP contribution < -0.4 is 11.2 Å². The number of halogens is 3. The van der Waals surface area contributed by atoms with Crippen molar-refractivity contribution >= 4 is 5.97 Å². The average molecular weight is 320 g/mol. The van der Waals surface area contributed by atoms with Gasteiger partial charge in [-0.05, 0) is 6.08 Å². The number of hydrogen-bond donors (Lipinski definition) is 3. The Bertz CT molecular complexity index is 814. The lowest BCUT2D eigenvalue weighted by Crippen LogP contribution is -2.34. The van der Waals surface area contributed by atoms with Crippen LogP contribution in [0.4, 0.5) is 13.2 Å². The second kappa shape index (κ2) is 5.09. The maximum atomic E-state index is 12.6. The Kier molecular flexibility index (Phi) is 3.57. The molecule has 0 unspecified atom stereocenters. The fraction of sp³-hybridized carbons (Fsp3) is 0.182. The first kappa shape index (κ1) is 15.4. The third-order valence-corrected chi connectivity index (χ3v) is 2.64. The first-order valence-electron chi connectivity index (χ1n) is 5.57. The molecular weight excluding hydrogens is 313 g/mol. The van der Waals surface area contributed by atoms with Gasteiger partial charge >= 0.3 is 17.8 Å². The number of allylic oxidation sites excluding steroid dienone is 1. The number of ether oxygens (including phenoxy) is 1. The molecular formula is C11H7F3N2O6. The van der Waals surface area contributed by atoms with Gasteiger partial charge in [-0.3, -0.25) is 14.3 Å². The molecule has 2 rings (SSSR count). The average Bonchev–Trinajstić information content (AvgIpc) is 2.64. The number of carbonyl (C=O) groups excluding carboxylic acids is 1. The molecule has 1 aliphatic heterocycles. The number of cyclic esters (lactones) is 1. The molecule has 3 N–H and O–H groups in total. The van der Waals surface area contributed by atoms with Gasteiger partial charge in [-0.1, -0.05) is 0 Å². The Hall–Kier alpha value is -2.98. The number of hydrogen-bond acceptors (Lipinski definition) is 6. The molecule has 0 aromatic carbocycles. The molecule has 0 radical (unpaired) electrons. The van der Waals surface area contributed by atoms with E-state index < -0.39 is 52.8 Å². The summed E-state index contributed by atoms with van der Waals surface area (Å²) in [6.45, 7) is -0.557. The minimum absolute atomic E-state index is 0.287. The summed E-state index contributed by atoms with van der Waals surface area (Å²) in [5, 5.41) is 18.3. The van der Waals surface area contributed by atoms with E-state index >= 15 is 0 Å². The van der Waals surface area contributed by atoms with Crippen molar-refractivity contribution in [2.75, 3.05) is 0 Å². The summed E-state index contributed by atoms with van der Waals surface area (Å²) in [5.74, 6) is -3.72. The van der Waals surface area contributed by atoms with Crippen LogP contribution in [0.15, 0.2) is 39.1 Å². The normalized spacial score (nSPS) is 17.2. The summed E-state index contributed by atoms with van der Waals surface area (Å²) >= 11 is 0. The lowest BCUT2D eigenvalue weighted by molar-refractivity contribution is -0.139. The Labute approximate surface area is 118 Å². The Morgan fingerprint density at radius 1 is 1.23 bits per heavy atom. The predicted octanol–water partition coefficient (Wildman–Crippen LogP) is 0.324. The number of aromatic nitrogens is 2. The number of aliphatic hydroxyl groups is 2. The second-order valence-electron chi connectivity index (χ2n) is 4.11. The van der Waals surface area contributed by atoms with E-state index in [-0.39, 0.29) is 6.20 Å². The van der Waals surface area contributed by atoms with Crippen molar-refractivity contribution in [2.45, 2.75) is 12.7 Å². The van der Waals surface area contributed by atoms with Gasteiger partial charge in [-0.2, -0.15) is 13.2 Å². The highest BCUT2D eigenvalue weighted by Gasteiger charge is 2.35. The third kappa shape index (κ3) is 2.73. The molecule has 0 saturated heterocycles. The van der Waals surface area contributed by atoms with E-state index in [4.69, 9.17) is 5.11 Å². The van der Waals surface area contributed by atoms with Crippen LogP contribution in [0.25, 0.3) is 0 Å². The van der Waals surface area contributed by atoms with E-state index in [9.17, 15) is 32.7 Å². The van der Waals surface area contributed by atoms with E-state index in [2.05, 4.69) is 4.74 Å². The number of nitrogens with zero attached hydrogens (tertiary/aromatic N) is 1. The van der Waals surface area contributed by atoms with Gasteiger partial charge in [0.2, 0.25) is 11.5 Å². The van der Waals surface area contributed by atoms with Gasteiger partial charge in [0.25, 0.3) is 5.56 Å². The van der Waals surface area contributed by atoms with Crippen molar-refractivity contribution in [3.05, 3.63) is 56.0 Å². The molecule has 1 aromatic rings. The van der Waals surface area contributed by atoms with Gasteiger partial charge < -0.3 is 14.9 Å². The van der Waals surface area contributed by atoms with Crippen LogP contribution in [0.3, 0.4) is 0 Å². The van der Waals surface area contributed by atoms with Crippen LogP contribution >= 0.6 is 0 Å². The van der Waals surface area contributed by atoms with Crippen LogP contribution in [0.5, 0.6) is 0 Å². The Morgan fingerprint density at radius 3 is 2.36 bits per heavy atom. The molecule has 1 aromatic heterocycles. The summed E-state index contributed by atoms with van der Waals surface area (Å²) in [4.78, 5) is 34.9. The van der Waals surface area contributed by atoms with Gasteiger partial charge in [0.15, 0.2) is 5.76 Å². The van der Waals surface area contributed by atoms with Crippen molar-refractivity contribution < 1.29 is 32.9 Å². The maximum Gasteiger partial charge on any atom is 0.423 e. The highest BCUT2D eigenvalue weighted by Crippen LogP contribution is 2.25. The van der Waals surface area contributed by atoms with Crippen LogP contribution in [0.2, 0.25) is 0 Å². The zero-order valence-electron chi connectivity index (χ0n) is 10.5. The number of aromatic amines is 1. The van der Waals surface area contributed by atoms with Gasteiger partial charge in [0, 0.05) is 12.7 Å². The Morgan fingerprint density at radius 2 is 1.86 bits per heavy atom. The van der Waals surface area contributed by atoms with Crippen molar-refractivity contribution in [3.8, 4) is 0 Å². The first-order chi connectivity index (χ1) is 10.1. The van der Waals surface area contributed by atoms with E-state index in [1.54, 1.807) is 0 Å². The number of aliphatic hydroxyl groups excluding tert-OH is 2. The number of H-pyrrole nitrogens is 1. The zero-order chi connectivity index (χ0) is 16.7. The van der Waals surface area contributed by atoms with Gasteiger partial charge in [-0.25, -0.2) is 9.59 Å². The highest BCUT2D eigenvalue weighted by molar-refractivity contribution is 5.91. The first-order valence-corrected chi connectivity index (χ1v) is 5.57. The molecule has 1 aliphatic rings. The summed E-state index contributed by atoms with van der Waals surface area (Å²) in [5.41, 5.74) is -4.31. The fourth-order valence-corrected chi connectivity index (χ4v) is 1.58. The predicted molar refractivity (Wildman–Crippen MR) is 62.8 cm³/mol. The molecule has 22 heavy (non-hydrogen) atoms. The molecule has 2 heterocycles. The topological polar surface area (TPSA) is 122 Å². The van der Waals surface area contributed by atoms with E-state index in [1.807, 2.05) is 0 Å². The largest absolute Gasteiger partial charge is 0.502 e. The number of esters is 1. The lowest BCUT2D eigenvalue weighted by atomic mass is 10.3. The van der Waals surface area contributed by atoms with Gasteiger partial charge in [-0.15, -0.1) is 0 Å². The number of rotatable bonds is 2. The van der Waals surface area contributed by atoms with Crippen molar-refractivity contribution in [2.24, 2.45) is 0 Å². The number of nitrogens with one attached hydrogen (secondary N) is 1. The third-order valence-electron chi connectivity index (χ3n) is 2.64. The van der Waals surface area contributed by atoms with Crippen LogP contribution in [0, 0.1) is 0 Å². The standard InChI is InChI=1S/C11H7F3N2O6/c12-11(13,14)4-3-16(10(21)15-8(4)19)2-1-5-6(17)7(18)9(20)22-5/h1,3,17-18H,2H2,(H,15,19,21)/b5-1+. The molecule has 0 fully saturated rings. The summed E-state index contributed by atoms with van der Waals surface area (Å²) in [7, 11) is 0. The van der Waals surface area contributed by atoms with Crippen LogP contribution in [-0.4, -0.2) is 25.7 Å². The molecule has 0 spiro atoms. The zero-order valence-corrected chi connectivity index (χ0v) is 10.5. The monoisotopic (exact) mass is 320 g/mol. The minimum Gasteiger partial charge on any atom is -0.502 e. The highest BCUT2D eigenvalue weighted by atomic mass is 19.4. The quantitative estimate of drug-likeness (QED) is 0.675. The number of alkyl halides is 3. The van der Waals surface area contributed by atoms with Crippen molar-refractivity contribution in [1.29, 1.82) is 0 Å². The molecule has 0 saturated carbocycles. The van der Waals surface area contributed by atoms with E-state index in [0.717, 1.165) is 6.08 Å². The van der Waals surface area contributed by atoms with Gasteiger partial charge in [0.05, 0.1) is 0 Å². The van der Waals surface area contributed by atoms with E-state index in [0.29, 0.717) is 4.57 Å². The van der Waals surface area contributed by atoms with Crippen LogP contribution in [0.1, 0.15) is 5.56 Å². The summed E-state index contributed by atoms with van der Waals surface area (Å²) in [6.07, 6.45) is -3.79. The van der Waals surface area contributed by atoms with Crippen molar-refractivity contribution in [1.82, 2.24) is 9.55 Å². The molecule has 0 aliphatic carbocycles. The molecule has 11 heteroatoms. The SMILES string of the molecule is O=C1O/C(=C/Cn2cc(C(F)(F)F)c(=O)[nH]c2=O)C(O)=C1O. The van der Waals surface area contributed by atoms with E-state index in [1.165, 1.54) is 4.98 Å². The Balaban J connectivity index is 2.38. The smallest absolute Gasteiger partial charge is 0.423 e.